The maximum atomic E-state index is 6.31. The molecule has 0 saturated heterocycles. The Morgan fingerprint density at radius 3 is 2.71 bits per heavy atom. The van der Waals surface area contributed by atoms with Crippen LogP contribution in [-0.4, -0.2) is 7.05 Å². The van der Waals surface area contributed by atoms with Gasteiger partial charge in [-0.25, -0.2) is 0 Å². The van der Waals surface area contributed by atoms with E-state index in [2.05, 4.69) is 23.5 Å². The van der Waals surface area contributed by atoms with Gasteiger partial charge in [0.1, 0.15) is 11.5 Å². The number of benzene rings is 2. The second kappa shape index (κ2) is 6.50. The number of rotatable bonds is 4. The molecule has 0 fully saturated rings. The SMILES string of the molecule is CNCc1cccc(Cl)c1Oc1ccc2c(c1)CCCC2. The van der Waals surface area contributed by atoms with Crippen LogP contribution in [0.25, 0.3) is 0 Å². The van der Waals surface area contributed by atoms with Crippen LogP contribution in [0.5, 0.6) is 11.5 Å². The second-order valence-corrected chi connectivity index (χ2v) is 5.91. The highest BCUT2D eigenvalue weighted by Crippen LogP contribution is 2.34. The standard InChI is InChI=1S/C18H20ClNO/c1-20-12-15-7-4-8-17(19)18(15)21-16-10-9-13-5-2-3-6-14(13)11-16/h4,7-11,20H,2-3,5-6,12H2,1H3. The van der Waals surface area contributed by atoms with Crippen molar-refractivity contribution in [1.29, 1.82) is 0 Å². The van der Waals surface area contributed by atoms with Gasteiger partial charge in [0.25, 0.3) is 0 Å². The van der Waals surface area contributed by atoms with Gasteiger partial charge in [0.15, 0.2) is 0 Å². The van der Waals surface area contributed by atoms with Gasteiger partial charge in [-0.3, -0.25) is 0 Å². The van der Waals surface area contributed by atoms with Crippen molar-refractivity contribution in [2.24, 2.45) is 0 Å². The van der Waals surface area contributed by atoms with Crippen molar-refractivity contribution < 1.29 is 4.74 Å². The fraction of sp³-hybridized carbons (Fsp3) is 0.333. The molecular weight excluding hydrogens is 282 g/mol. The Morgan fingerprint density at radius 2 is 1.90 bits per heavy atom. The van der Waals surface area contributed by atoms with Crippen molar-refractivity contribution in [1.82, 2.24) is 5.32 Å². The van der Waals surface area contributed by atoms with Crippen LogP contribution in [0, 0.1) is 0 Å². The van der Waals surface area contributed by atoms with Crippen LogP contribution < -0.4 is 10.1 Å². The number of fused-ring (bicyclic) bond motifs is 1. The molecule has 3 rings (SSSR count). The molecule has 0 radical (unpaired) electrons. The third-order valence-electron chi connectivity index (χ3n) is 3.96. The van der Waals surface area contributed by atoms with Gasteiger partial charge in [-0.1, -0.05) is 29.8 Å². The summed E-state index contributed by atoms with van der Waals surface area (Å²) in [6, 6.07) is 12.3. The molecule has 0 aliphatic heterocycles. The smallest absolute Gasteiger partial charge is 0.150 e. The first-order chi connectivity index (χ1) is 10.3. The molecule has 110 valence electrons. The Hall–Kier alpha value is -1.51. The van der Waals surface area contributed by atoms with E-state index in [4.69, 9.17) is 16.3 Å². The van der Waals surface area contributed by atoms with E-state index >= 15 is 0 Å². The zero-order valence-corrected chi connectivity index (χ0v) is 13.0. The quantitative estimate of drug-likeness (QED) is 0.881. The number of ether oxygens (including phenoxy) is 1. The number of aryl methyl sites for hydroxylation is 2. The molecule has 2 aromatic rings. The van der Waals surface area contributed by atoms with Crippen LogP contribution >= 0.6 is 11.6 Å². The Kier molecular flexibility index (Phi) is 4.47. The summed E-state index contributed by atoms with van der Waals surface area (Å²) >= 11 is 6.31. The molecule has 0 heterocycles. The average molecular weight is 302 g/mol. The van der Waals surface area contributed by atoms with Crippen molar-refractivity contribution in [3.63, 3.8) is 0 Å². The third kappa shape index (κ3) is 3.22. The summed E-state index contributed by atoms with van der Waals surface area (Å²) in [4.78, 5) is 0. The summed E-state index contributed by atoms with van der Waals surface area (Å²) in [6.07, 6.45) is 4.91. The fourth-order valence-corrected chi connectivity index (χ4v) is 3.12. The van der Waals surface area contributed by atoms with E-state index in [0.29, 0.717) is 5.02 Å². The predicted molar refractivity (Wildman–Crippen MR) is 87.4 cm³/mol. The molecule has 3 heteroatoms. The molecule has 0 bridgehead atoms. The number of halogens is 1. The van der Waals surface area contributed by atoms with Gasteiger partial charge >= 0.3 is 0 Å². The summed E-state index contributed by atoms with van der Waals surface area (Å²) in [5.41, 5.74) is 3.95. The normalized spacial score (nSPS) is 13.8. The van der Waals surface area contributed by atoms with E-state index in [9.17, 15) is 0 Å². The van der Waals surface area contributed by atoms with Crippen molar-refractivity contribution in [2.45, 2.75) is 32.2 Å². The maximum absolute atomic E-state index is 6.31. The van der Waals surface area contributed by atoms with Crippen molar-refractivity contribution in [2.75, 3.05) is 7.05 Å². The molecule has 1 aliphatic carbocycles. The van der Waals surface area contributed by atoms with Crippen LogP contribution in [0.1, 0.15) is 29.5 Å². The molecular formula is C18H20ClNO. The lowest BCUT2D eigenvalue weighted by Crippen LogP contribution is -2.07. The van der Waals surface area contributed by atoms with Crippen LogP contribution in [0.15, 0.2) is 36.4 Å². The zero-order chi connectivity index (χ0) is 14.7. The fourth-order valence-electron chi connectivity index (χ4n) is 2.89. The lowest BCUT2D eigenvalue weighted by Gasteiger charge is -2.18. The number of para-hydroxylation sites is 1. The van der Waals surface area contributed by atoms with Crippen LogP contribution in [0.3, 0.4) is 0 Å². The number of hydrogen-bond acceptors (Lipinski definition) is 2. The van der Waals surface area contributed by atoms with Crippen molar-refractivity contribution in [3.8, 4) is 11.5 Å². The summed E-state index contributed by atoms with van der Waals surface area (Å²) in [5.74, 6) is 1.63. The molecule has 0 amide bonds. The predicted octanol–water partition coefficient (Wildman–Crippen LogP) is 4.73. The van der Waals surface area contributed by atoms with Gasteiger partial charge in [-0.2, -0.15) is 0 Å². The topological polar surface area (TPSA) is 21.3 Å². The molecule has 0 atom stereocenters. The van der Waals surface area contributed by atoms with Gasteiger partial charge in [0.2, 0.25) is 0 Å². The molecule has 1 N–H and O–H groups in total. The van der Waals surface area contributed by atoms with E-state index in [1.165, 1.54) is 30.4 Å². The van der Waals surface area contributed by atoms with E-state index in [1.807, 2.05) is 25.2 Å². The minimum absolute atomic E-state index is 0.653. The summed E-state index contributed by atoms with van der Waals surface area (Å²) in [6.45, 7) is 0.737. The van der Waals surface area contributed by atoms with E-state index < -0.39 is 0 Å². The van der Waals surface area contributed by atoms with E-state index in [0.717, 1.165) is 30.0 Å². The summed E-state index contributed by atoms with van der Waals surface area (Å²) in [5, 5.41) is 3.80. The molecule has 21 heavy (non-hydrogen) atoms. The molecule has 0 unspecified atom stereocenters. The van der Waals surface area contributed by atoms with Gasteiger partial charge in [-0.15, -0.1) is 0 Å². The average Bonchev–Trinajstić information content (AvgIpc) is 2.51. The maximum Gasteiger partial charge on any atom is 0.150 e. The minimum Gasteiger partial charge on any atom is -0.455 e. The van der Waals surface area contributed by atoms with Gasteiger partial charge < -0.3 is 10.1 Å². The monoisotopic (exact) mass is 301 g/mol. The Morgan fingerprint density at radius 1 is 1.10 bits per heavy atom. The lowest BCUT2D eigenvalue weighted by molar-refractivity contribution is 0.473. The molecule has 0 saturated carbocycles. The van der Waals surface area contributed by atoms with Crippen LogP contribution in [-0.2, 0) is 19.4 Å². The highest BCUT2D eigenvalue weighted by Gasteiger charge is 2.13. The second-order valence-electron chi connectivity index (χ2n) is 5.50. The highest BCUT2D eigenvalue weighted by molar-refractivity contribution is 6.32. The molecule has 0 aromatic heterocycles. The van der Waals surface area contributed by atoms with Crippen LogP contribution in [0.2, 0.25) is 5.02 Å². The van der Waals surface area contributed by atoms with Gasteiger partial charge in [-0.05, 0) is 62.1 Å². The van der Waals surface area contributed by atoms with Gasteiger partial charge in [0.05, 0.1) is 5.02 Å². The third-order valence-corrected chi connectivity index (χ3v) is 4.25. The van der Waals surface area contributed by atoms with Gasteiger partial charge in [0, 0.05) is 12.1 Å². The van der Waals surface area contributed by atoms with Crippen LogP contribution in [0.4, 0.5) is 0 Å². The highest BCUT2D eigenvalue weighted by atomic mass is 35.5. The van der Waals surface area contributed by atoms with E-state index in [-0.39, 0.29) is 0 Å². The summed E-state index contributed by atoms with van der Waals surface area (Å²) < 4.78 is 6.09. The lowest BCUT2D eigenvalue weighted by atomic mass is 9.92. The number of nitrogens with one attached hydrogen (secondary N) is 1. The largest absolute Gasteiger partial charge is 0.455 e. The first-order valence-electron chi connectivity index (χ1n) is 7.49. The molecule has 0 spiro atoms. The summed E-state index contributed by atoms with van der Waals surface area (Å²) in [7, 11) is 1.92. The van der Waals surface area contributed by atoms with E-state index in [1.54, 1.807) is 0 Å². The number of hydrogen-bond donors (Lipinski definition) is 1. The van der Waals surface area contributed by atoms with Crippen molar-refractivity contribution in [3.05, 3.63) is 58.1 Å². The Labute approximate surface area is 131 Å². The molecule has 1 aliphatic rings. The molecule has 2 aromatic carbocycles. The Balaban J connectivity index is 1.90. The zero-order valence-electron chi connectivity index (χ0n) is 12.3. The molecule has 2 nitrogen and oxygen atoms in total. The Bertz CT molecular complexity index is 639. The minimum atomic E-state index is 0.653. The first kappa shape index (κ1) is 14.4. The first-order valence-corrected chi connectivity index (χ1v) is 7.87. The van der Waals surface area contributed by atoms with Crippen molar-refractivity contribution >= 4 is 11.6 Å².